The first kappa shape index (κ1) is 21.5. The Kier molecular flexibility index (Phi) is 6.75. The molecule has 1 unspecified atom stereocenters. The fraction of sp³-hybridized carbons (Fsp3) is 0.222. The molecule has 0 spiro atoms. The van der Waals surface area contributed by atoms with Gasteiger partial charge in [0.1, 0.15) is 6.29 Å². The van der Waals surface area contributed by atoms with Crippen molar-refractivity contribution >= 4 is 17.9 Å². The van der Waals surface area contributed by atoms with Crippen LogP contribution in [0.25, 0.3) is 11.3 Å². The molecule has 0 saturated carbocycles. The van der Waals surface area contributed by atoms with Gasteiger partial charge in [-0.05, 0) is 48.1 Å². The van der Waals surface area contributed by atoms with Crippen molar-refractivity contribution in [2.75, 3.05) is 24.7 Å². The lowest BCUT2D eigenvalue weighted by atomic mass is 9.78. The summed E-state index contributed by atoms with van der Waals surface area (Å²) in [6, 6.07) is 17.3. The van der Waals surface area contributed by atoms with Crippen LogP contribution >= 0.6 is 0 Å². The average molecular weight is 425 g/mol. The van der Waals surface area contributed by atoms with Gasteiger partial charge < -0.3 is 10.6 Å². The third-order valence-corrected chi connectivity index (χ3v) is 5.86. The summed E-state index contributed by atoms with van der Waals surface area (Å²) in [5, 5.41) is 6.21. The van der Waals surface area contributed by atoms with Crippen LogP contribution in [0.4, 0.5) is 11.6 Å². The Morgan fingerprint density at radius 3 is 2.47 bits per heavy atom. The topological polar surface area (TPSA) is 66.9 Å². The van der Waals surface area contributed by atoms with E-state index in [-0.39, 0.29) is 0 Å². The van der Waals surface area contributed by atoms with Crippen LogP contribution in [0.15, 0.2) is 78.5 Å². The number of nitrogens with one attached hydrogen (secondary N) is 2. The number of aromatic nitrogens is 2. The molecular formula is C27H28N4O. The van der Waals surface area contributed by atoms with Crippen molar-refractivity contribution in [1.29, 1.82) is 0 Å². The van der Waals surface area contributed by atoms with Crippen LogP contribution in [0.5, 0.6) is 0 Å². The molecule has 1 heterocycles. The van der Waals surface area contributed by atoms with Crippen LogP contribution in [-0.2, 0) is 11.2 Å². The van der Waals surface area contributed by atoms with Crippen molar-refractivity contribution in [2.24, 2.45) is 0 Å². The van der Waals surface area contributed by atoms with E-state index < -0.39 is 0 Å². The normalized spacial score (nSPS) is 15.9. The lowest BCUT2D eigenvalue weighted by molar-refractivity contribution is -0.104. The van der Waals surface area contributed by atoms with Crippen LogP contribution in [0.1, 0.15) is 35.4 Å². The second kappa shape index (κ2) is 10.1. The Bertz CT molecular complexity index is 1150. The standard InChI is InChI=1S/C20H20N4.C7H8O/c1-21-15-9-7-13(8-10-15)18-11-14-12-23-20(22-2)24-19(14)17-6-4-3-5-16(17)18;8-6-7-4-2-1-3-5-7/h3-10,12,18,21H,11H2,1-2H3,(H,22,23,24);2,4-6H,1,3H2. The summed E-state index contributed by atoms with van der Waals surface area (Å²) in [6.45, 7) is 0. The summed E-state index contributed by atoms with van der Waals surface area (Å²) in [5.74, 6) is 1.00. The highest BCUT2D eigenvalue weighted by Gasteiger charge is 2.27. The molecule has 0 bridgehead atoms. The SMILES string of the molecule is CNc1ccc(C2Cc3cnc(NC)nc3-c3ccccc32)cc1.O=CC1=CCCC=C1. The maximum atomic E-state index is 10.0. The molecule has 5 heteroatoms. The summed E-state index contributed by atoms with van der Waals surface area (Å²) in [5.41, 5.74) is 8.07. The van der Waals surface area contributed by atoms with Gasteiger partial charge in [-0.25, -0.2) is 9.97 Å². The van der Waals surface area contributed by atoms with Crippen molar-refractivity contribution < 1.29 is 4.79 Å². The van der Waals surface area contributed by atoms with Gasteiger partial charge in [0.05, 0.1) is 5.69 Å². The molecule has 5 rings (SSSR count). The predicted molar refractivity (Wildman–Crippen MR) is 131 cm³/mol. The van der Waals surface area contributed by atoms with E-state index >= 15 is 0 Å². The molecule has 0 fully saturated rings. The minimum Gasteiger partial charge on any atom is -0.388 e. The second-order valence-corrected chi connectivity index (χ2v) is 7.84. The molecule has 2 aliphatic rings. The zero-order valence-corrected chi connectivity index (χ0v) is 18.5. The van der Waals surface area contributed by atoms with Gasteiger partial charge in [-0.2, -0.15) is 0 Å². The van der Waals surface area contributed by atoms with Crippen LogP contribution in [0.3, 0.4) is 0 Å². The Morgan fingerprint density at radius 2 is 1.81 bits per heavy atom. The predicted octanol–water partition coefficient (Wildman–Crippen LogP) is 5.38. The van der Waals surface area contributed by atoms with Crippen LogP contribution in [0, 0.1) is 0 Å². The highest BCUT2D eigenvalue weighted by atomic mass is 16.1. The Morgan fingerprint density at radius 1 is 1.00 bits per heavy atom. The Balaban J connectivity index is 0.000000260. The molecule has 3 aromatic rings. The van der Waals surface area contributed by atoms with Crippen LogP contribution < -0.4 is 10.6 Å². The van der Waals surface area contributed by atoms with E-state index in [1.807, 2.05) is 38.5 Å². The van der Waals surface area contributed by atoms with Gasteiger partial charge in [0.2, 0.25) is 5.95 Å². The number of anilines is 2. The molecule has 1 atom stereocenters. The number of allylic oxidation sites excluding steroid dienone is 4. The molecule has 0 amide bonds. The second-order valence-electron chi connectivity index (χ2n) is 7.84. The summed E-state index contributed by atoms with van der Waals surface area (Å²) >= 11 is 0. The number of nitrogens with zero attached hydrogens (tertiary/aromatic N) is 2. The van der Waals surface area contributed by atoms with Gasteiger partial charge in [0.25, 0.3) is 0 Å². The quantitative estimate of drug-likeness (QED) is 0.551. The molecule has 0 radical (unpaired) electrons. The monoisotopic (exact) mass is 424 g/mol. The molecule has 0 saturated heterocycles. The van der Waals surface area contributed by atoms with Gasteiger partial charge in [-0.1, -0.05) is 54.6 Å². The first-order valence-corrected chi connectivity index (χ1v) is 11.0. The summed E-state index contributed by atoms with van der Waals surface area (Å²) in [6.07, 6.45) is 11.7. The molecule has 2 N–H and O–H groups in total. The number of benzene rings is 2. The van der Waals surface area contributed by atoms with Crippen LogP contribution in [-0.4, -0.2) is 30.3 Å². The summed E-state index contributed by atoms with van der Waals surface area (Å²) < 4.78 is 0. The largest absolute Gasteiger partial charge is 0.388 e. The molecule has 2 aromatic carbocycles. The molecule has 0 aliphatic heterocycles. The number of carbonyl (C=O) groups excluding carboxylic acids is 1. The van der Waals surface area contributed by atoms with Gasteiger partial charge >= 0.3 is 0 Å². The molecule has 5 nitrogen and oxygen atoms in total. The van der Waals surface area contributed by atoms with Gasteiger partial charge in [0, 0.05) is 43.0 Å². The van der Waals surface area contributed by atoms with E-state index in [9.17, 15) is 4.79 Å². The number of hydrogen-bond acceptors (Lipinski definition) is 5. The van der Waals surface area contributed by atoms with Crippen molar-refractivity contribution in [2.45, 2.75) is 25.2 Å². The minimum absolute atomic E-state index is 0.337. The number of rotatable bonds is 4. The lowest BCUT2D eigenvalue weighted by Crippen LogP contribution is -2.15. The highest BCUT2D eigenvalue weighted by molar-refractivity contribution is 5.77. The van der Waals surface area contributed by atoms with Crippen molar-refractivity contribution in [3.63, 3.8) is 0 Å². The Labute approximate surface area is 189 Å². The van der Waals surface area contributed by atoms with E-state index in [0.29, 0.717) is 11.9 Å². The van der Waals surface area contributed by atoms with Gasteiger partial charge in [0.15, 0.2) is 0 Å². The maximum Gasteiger partial charge on any atom is 0.222 e. The van der Waals surface area contributed by atoms with E-state index in [1.54, 1.807) is 0 Å². The summed E-state index contributed by atoms with van der Waals surface area (Å²) in [4.78, 5) is 19.1. The molecule has 162 valence electrons. The van der Waals surface area contributed by atoms with E-state index in [2.05, 4.69) is 64.1 Å². The first-order valence-electron chi connectivity index (χ1n) is 11.0. The summed E-state index contributed by atoms with van der Waals surface area (Å²) in [7, 11) is 3.79. The maximum absolute atomic E-state index is 10.0. The third-order valence-electron chi connectivity index (χ3n) is 5.86. The van der Waals surface area contributed by atoms with Crippen molar-refractivity contribution in [3.05, 3.63) is 95.2 Å². The van der Waals surface area contributed by atoms with Crippen molar-refractivity contribution in [1.82, 2.24) is 9.97 Å². The molecule has 32 heavy (non-hydrogen) atoms. The smallest absolute Gasteiger partial charge is 0.222 e. The minimum atomic E-state index is 0.337. The zero-order chi connectivity index (χ0) is 22.3. The number of fused-ring (bicyclic) bond motifs is 3. The van der Waals surface area contributed by atoms with E-state index in [1.165, 1.54) is 22.3 Å². The molecular weight excluding hydrogens is 396 g/mol. The van der Waals surface area contributed by atoms with Crippen LogP contribution in [0.2, 0.25) is 0 Å². The van der Waals surface area contributed by atoms with Gasteiger partial charge in [-0.15, -0.1) is 0 Å². The average Bonchev–Trinajstić information content (AvgIpc) is 2.89. The number of aldehydes is 1. The highest BCUT2D eigenvalue weighted by Crippen LogP contribution is 2.41. The fourth-order valence-corrected chi connectivity index (χ4v) is 4.16. The van der Waals surface area contributed by atoms with E-state index in [0.717, 1.165) is 42.5 Å². The first-order chi connectivity index (χ1) is 15.7. The van der Waals surface area contributed by atoms with Crippen molar-refractivity contribution in [3.8, 4) is 11.3 Å². The Hall–Kier alpha value is -3.73. The number of carbonyl (C=O) groups is 1. The van der Waals surface area contributed by atoms with E-state index in [4.69, 9.17) is 4.98 Å². The fourth-order valence-electron chi connectivity index (χ4n) is 4.16. The number of hydrogen-bond donors (Lipinski definition) is 2. The lowest BCUT2D eigenvalue weighted by Gasteiger charge is -2.27. The third kappa shape index (κ3) is 4.62. The molecule has 2 aliphatic carbocycles. The molecule has 1 aromatic heterocycles. The van der Waals surface area contributed by atoms with Gasteiger partial charge in [-0.3, -0.25) is 4.79 Å². The zero-order valence-electron chi connectivity index (χ0n) is 18.5.